The molecular formula is C17H13N3O3S. The summed E-state index contributed by atoms with van der Waals surface area (Å²) >= 11 is 1.41. The molecule has 1 amide bonds. The van der Waals surface area contributed by atoms with E-state index in [2.05, 4.69) is 11.6 Å². The van der Waals surface area contributed by atoms with Crippen molar-refractivity contribution in [3.05, 3.63) is 81.7 Å². The lowest BCUT2D eigenvalue weighted by Crippen LogP contribution is -2.16. The highest BCUT2D eigenvalue weighted by atomic mass is 32.1. The van der Waals surface area contributed by atoms with E-state index in [1.165, 1.54) is 35.6 Å². The molecule has 24 heavy (non-hydrogen) atoms. The second-order valence-electron chi connectivity index (χ2n) is 4.97. The van der Waals surface area contributed by atoms with E-state index in [4.69, 9.17) is 0 Å². The van der Waals surface area contributed by atoms with Gasteiger partial charge in [0.25, 0.3) is 11.6 Å². The molecule has 3 rings (SSSR count). The molecule has 1 aromatic heterocycles. The molecule has 0 atom stereocenters. The first-order valence-electron chi connectivity index (χ1n) is 7.13. The monoisotopic (exact) mass is 339 g/mol. The summed E-state index contributed by atoms with van der Waals surface area (Å²) in [6.45, 7) is 4.28. The smallest absolute Gasteiger partial charge is 0.279 e. The minimum absolute atomic E-state index is 0.0601. The minimum Gasteiger partial charge on any atom is -0.312 e. The van der Waals surface area contributed by atoms with Crippen molar-refractivity contribution in [1.82, 2.24) is 4.57 Å². The summed E-state index contributed by atoms with van der Waals surface area (Å²) in [6, 6.07) is 13.2. The Hall–Kier alpha value is -3.06. The third kappa shape index (κ3) is 3.02. The zero-order chi connectivity index (χ0) is 17.1. The van der Waals surface area contributed by atoms with E-state index < -0.39 is 10.8 Å². The first kappa shape index (κ1) is 15.8. The molecule has 0 saturated carbocycles. The average molecular weight is 339 g/mol. The fourth-order valence-corrected chi connectivity index (χ4v) is 3.33. The normalized spacial score (nSPS) is 11.6. The van der Waals surface area contributed by atoms with Crippen molar-refractivity contribution in [2.24, 2.45) is 4.99 Å². The number of hydrogen-bond donors (Lipinski definition) is 0. The number of benzene rings is 2. The minimum atomic E-state index is -0.505. The van der Waals surface area contributed by atoms with Crippen LogP contribution in [0.2, 0.25) is 0 Å². The first-order chi connectivity index (χ1) is 11.6. The zero-order valence-electron chi connectivity index (χ0n) is 12.6. The van der Waals surface area contributed by atoms with Crippen LogP contribution in [-0.4, -0.2) is 15.4 Å². The molecule has 0 unspecified atom stereocenters. The van der Waals surface area contributed by atoms with Crippen molar-refractivity contribution < 1.29 is 9.72 Å². The topological polar surface area (TPSA) is 77.5 Å². The second kappa shape index (κ2) is 6.59. The molecule has 0 saturated heterocycles. The number of rotatable bonds is 4. The van der Waals surface area contributed by atoms with Gasteiger partial charge in [0.2, 0.25) is 0 Å². The van der Waals surface area contributed by atoms with Gasteiger partial charge in [-0.3, -0.25) is 14.9 Å². The SMILES string of the molecule is C=CCn1c(=NC(=O)c2ccc([N+](=O)[O-])cc2)sc2ccccc21. The van der Waals surface area contributed by atoms with Crippen LogP contribution in [0.4, 0.5) is 5.69 Å². The maximum absolute atomic E-state index is 12.4. The number of hydrogen-bond acceptors (Lipinski definition) is 4. The Labute approximate surface area is 141 Å². The van der Waals surface area contributed by atoms with Crippen LogP contribution in [-0.2, 0) is 6.54 Å². The largest absolute Gasteiger partial charge is 0.312 e. The van der Waals surface area contributed by atoms with Gasteiger partial charge in [-0.25, -0.2) is 0 Å². The predicted molar refractivity (Wildman–Crippen MR) is 93.0 cm³/mol. The number of carbonyl (C=O) groups is 1. The third-order valence-corrected chi connectivity index (χ3v) is 4.48. The number of nitro benzene ring substituents is 1. The van der Waals surface area contributed by atoms with Gasteiger partial charge < -0.3 is 4.57 Å². The van der Waals surface area contributed by atoms with E-state index in [1.807, 2.05) is 28.8 Å². The Balaban J connectivity index is 2.05. The molecule has 0 aliphatic rings. The quantitative estimate of drug-likeness (QED) is 0.414. The highest BCUT2D eigenvalue weighted by Gasteiger charge is 2.10. The molecule has 0 bridgehead atoms. The van der Waals surface area contributed by atoms with Crippen molar-refractivity contribution in [3.8, 4) is 0 Å². The first-order valence-corrected chi connectivity index (χ1v) is 7.94. The number of thiazole rings is 1. The number of fused-ring (bicyclic) bond motifs is 1. The van der Waals surface area contributed by atoms with Crippen molar-refractivity contribution in [2.75, 3.05) is 0 Å². The van der Waals surface area contributed by atoms with Gasteiger partial charge in [0.1, 0.15) is 0 Å². The number of allylic oxidation sites excluding steroid dienone is 1. The van der Waals surface area contributed by atoms with Gasteiger partial charge in [0.05, 0.1) is 15.1 Å². The molecule has 0 N–H and O–H groups in total. The lowest BCUT2D eigenvalue weighted by molar-refractivity contribution is -0.384. The number of para-hydroxylation sites is 1. The molecule has 0 aliphatic heterocycles. The van der Waals surface area contributed by atoms with Crippen molar-refractivity contribution >= 4 is 33.1 Å². The molecule has 3 aromatic rings. The molecule has 7 heteroatoms. The zero-order valence-corrected chi connectivity index (χ0v) is 13.4. The van der Waals surface area contributed by atoms with Gasteiger partial charge >= 0.3 is 0 Å². The third-order valence-electron chi connectivity index (χ3n) is 3.42. The lowest BCUT2D eigenvalue weighted by atomic mass is 10.2. The molecule has 0 fully saturated rings. The van der Waals surface area contributed by atoms with E-state index in [0.717, 1.165) is 10.2 Å². The Morgan fingerprint density at radius 3 is 2.62 bits per heavy atom. The van der Waals surface area contributed by atoms with Crippen LogP contribution < -0.4 is 4.80 Å². The predicted octanol–water partition coefficient (Wildman–Crippen LogP) is 3.54. The summed E-state index contributed by atoms with van der Waals surface area (Å²) < 4.78 is 2.94. The fourth-order valence-electron chi connectivity index (χ4n) is 2.29. The molecular weight excluding hydrogens is 326 g/mol. The number of nitrogens with zero attached hydrogens (tertiary/aromatic N) is 3. The van der Waals surface area contributed by atoms with Crippen LogP contribution >= 0.6 is 11.3 Å². The maximum atomic E-state index is 12.4. The summed E-state index contributed by atoms with van der Waals surface area (Å²) in [7, 11) is 0. The summed E-state index contributed by atoms with van der Waals surface area (Å²) in [5.41, 5.74) is 1.23. The van der Waals surface area contributed by atoms with Crippen LogP contribution in [0.5, 0.6) is 0 Å². The highest BCUT2D eigenvalue weighted by Crippen LogP contribution is 2.17. The molecule has 0 aliphatic carbocycles. The Morgan fingerprint density at radius 1 is 1.25 bits per heavy atom. The Bertz CT molecular complexity index is 1000. The van der Waals surface area contributed by atoms with E-state index in [-0.39, 0.29) is 5.69 Å². The Kier molecular flexibility index (Phi) is 4.35. The highest BCUT2D eigenvalue weighted by molar-refractivity contribution is 7.16. The van der Waals surface area contributed by atoms with E-state index >= 15 is 0 Å². The van der Waals surface area contributed by atoms with Crippen molar-refractivity contribution in [3.63, 3.8) is 0 Å². The molecule has 6 nitrogen and oxygen atoms in total. The van der Waals surface area contributed by atoms with E-state index in [9.17, 15) is 14.9 Å². The number of nitro groups is 1. The summed E-state index contributed by atoms with van der Waals surface area (Å²) in [5.74, 6) is -0.436. The van der Waals surface area contributed by atoms with Crippen molar-refractivity contribution in [1.29, 1.82) is 0 Å². The van der Waals surface area contributed by atoms with Gasteiger partial charge in [-0.1, -0.05) is 29.5 Å². The van der Waals surface area contributed by atoms with Crippen molar-refractivity contribution in [2.45, 2.75) is 6.54 Å². The summed E-state index contributed by atoms with van der Waals surface area (Å²) in [6.07, 6.45) is 1.74. The Morgan fingerprint density at radius 2 is 1.96 bits per heavy atom. The van der Waals surface area contributed by atoms with Crippen LogP contribution in [0.15, 0.2) is 66.2 Å². The molecule has 1 heterocycles. The number of carbonyl (C=O) groups excluding carboxylic acids is 1. The van der Waals surface area contributed by atoms with E-state index in [1.54, 1.807) is 6.08 Å². The molecule has 0 radical (unpaired) electrons. The maximum Gasteiger partial charge on any atom is 0.279 e. The molecule has 120 valence electrons. The van der Waals surface area contributed by atoms with Crippen LogP contribution in [0.3, 0.4) is 0 Å². The molecule has 0 spiro atoms. The standard InChI is InChI=1S/C17H13N3O3S/c1-2-11-19-14-5-3-4-6-15(14)24-17(19)18-16(21)12-7-9-13(10-8-12)20(22)23/h2-10H,1,11H2. The second-order valence-corrected chi connectivity index (χ2v) is 5.98. The molecule has 2 aromatic carbocycles. The van der Waals surface area contributed by atoms with E-state index in [0.29, 0.717) is 16.9 Å². The van der Waals surface area contributed by atoms with Gasteiger partial charge in [0.15, 0.2) is 4.80 Å². The van der Waals surface area contributed by atoms with Crippen LogP contribution in [0.25, 0.3) is 10.2 Å². The lowest BCUT2D eigenvalue weighted by Gasteiger charge is -2.00. The van der Waals surface area contributed by atoms with Crippen LogP contribution in [0, 0.1) is 10.1 Å². The average Bonchev–Trinajstić information content (AvgIpc) is 2.93. The van der Waals surface area contributed by atoms with Gasteiger partial charge in [-0.15, -0.1) is 6.58 Å². The number of amides is 1. The van der Waals surface area contributed by atoms with Crippen LogP contribution in [0.1, 0.15) is 10.4 Å². The summed E-state index contributed by atoms with van der Waals surface area (Å²) in [4.78, 5) is 27.3. The number of aromatic nitrogens is 1. The summed E-state index contributed by atoms with van der Waals surface area (Å²) in [5, 5.41) is 10.7. The van der Waals surface area contributed by atoms with Gasteiger partial charge in [0, 0.05) is 24.2 Å². The fraction of sp³-hybridized carbons (Fsp3) is 0.0588. The van der Waals surface area contributed by atoms with Gasteiger partial charge in [-0.2, -0.15) is 4.99 Å². The van der Waals surface area contributed by atoms with Gasteiger partial charge in [-0.05, 0) is 24.3 Å². The number of non-ortho nitro benzene ring substituents is 1.